The Labute approximate surface area is 131 Å². The second-order valence-corrected chi connectivity index (χ2v) is 5.95. The Morgan fingerprint density at radius 3 is 2.95 bits per heavy atom. The molecule has 0 amide bonds. The van der Waals surface area contributed by atoms with Crippen molar-refractivity contribution < 1.29 is 9.13 Å². The minimum atomic E-state index is -0.236. The highest BCUT2D eigenvalue weighted by Gasteiger charge is 2.29. The topological polar surface area (TPSA) is 34.2 Å². The minimum absolute atomic E-state index is 0.0740. The zero-order valence-corrected chi connectivity index (χ0v) is 13.2. The number of rotatable bonds is 3. The number of nitrogens with one attached hydrogen (secondary N) is 1. The van der Waals surface area contributed by atoms with Crippen LogP contribution in [0.4, 0.5) is 4.39 Å². The molecule has 0 saturated carbocycles. The van der Waals surface area contributed by atoms with Gasteiger partial charge in [0.1, 0.15) is 17.7 Å². The molecule has 0 bridgehead atoms. The Morgan fingerprint density at radius 1 is 1.38 bits per heavy atom. The first-order valence-corrected chi connectivity index (χ1v) is 7.77. The van der Waals surface area contributed by atoms with Gasteiger partial charge in [0, 0.05) is 28.7 Å². The fourth-order valence-corrected chi connectivity index (χ4v) is 2.87. The van der Waals surface area contributed by atoms with E-state index in [1.54, 1.807) is 18.3 Å². The van der Waals surface area contributed by atoms with E-state index in [1.807, 2.05) is 19.1 Å². The lowest BCUT2D eigenvalue weighted by Gasteiger charge is -2.32. The Balaban J connectivity index is 1.93. The Morgan fingerprint density at radius 2 is 2.24 bits per heavy atom. The van der Waals surface area contributed by atoms with Crippen molar-refractivity contribution in [3.8, 4) is 5.75 Å². The Hall–Kier alpha value is -1.46. The standard InChI is InChI=1S/C16H16BrFN2O/c1-2-19-14-8-16(13-5-3-10(17)9-20-13)21-15-6-4-11(18)7-12(14)15/h3-7,9,14,16,19H,2,8H2,1H3. The van der Waals surface area contributed by atoms with Gasteiger partial charge in [-0.1, -0.05) is 6.92 Å². The first-order valence-electron chi connectivity index (χ1n) is 6.98. The molecule has 2 heterocycles. The summed E-state index contributed by atoms with van der Waals surface area (Å²) in [5.41, 5.74) is 1.77. The third-order valence-corrected chi connectivity index (χ3v) is 4.07. The van der Waals surface area contributed by atoms with Gasteiger partial charge in [-0.2, -0.15) is 0 Å². The van der Waals surface area contributed by atoms with E-state index in [0.717, 1.165) is 34.4 Å². The third kappa shape index (κ3) is 3.09. The monoisotopic (exact) mass is 350 g/mol. The van der Waals surface area contributed by atoms with Gasteiger partial charge in [-0.3, -0.25) is 4.98 Å². The van der Waals surface area contributed by atoms with Crippen molar-refractivity contribution in [1.29, 1.82) is 0 Å². The van der Waals surface area contributed by atoms with Crippen molar-refractivity contribution >= 4 is 15.9 Å². The van der Waals surface area contributed by atoms with Crippen LogP contribution in [0.1, 0.15) is 36.7 Å². The maximum atomic E-state index is 13.5. The molecule has 1 aliphatic heterocycles. The van der Waals surface area contributed by atoms with Gasteiger partial charge in [0.15, 0.2) is 0 Å². The normalized spacial score (nSPS) is 20.7. The van der Waals surface area contributed by atoms with Crippen molar-refractivity contribution in [2.45, 2.75) is 25.5 Å². The smallest absolute Gasteiger partial charge is 0.142 e. The number of benzene rings is 1. The third-order valence-electron chi connectivity index (χ3n) is 3.60. The molecule has 1 aliphatic rings. The molecule has 1 aromatic heterocycles. The molecule has 110 valence electrons. The molecule has 21 heavy (non-hydrogen) atoms. The number of fused-ring (bicyclic) bond motifs is 1. The summed E-state index contributed by atoms with van der Waals surface area (Å²) in [6, 6.07) is 8.65. The van der Waals surface area contributed by atoms with E-state index >= 15 is 0 Å². The average Bonchev–Trinajstić information content (AvgIpc) is 2.48. The fourth-order valence-electron chi connectivity index (χ4n) is 2.64. The first-order chi connectivity index (χ1) is 10.2. The molecule has 2 atom stereocenters. The molecule has 0 spiro atoms. The van der Waals surface area contributed by atoms with Crippen LogP contribution in [-0.2, 0) is 0 Å². The number of hydrogen-bond acceptors (Lipinski definition) is 3. The van der Waals surface area contributed by atoms with Gasteiger partial charge >= 0.3 is 0 Å². The van der Waals surface area contributed by atoms with E-state index in [-0.39, 0.29) is 18.0 Å². The van der Waals surface area contributed by atoms with Crippen LogP contribution in [0.3, 0.4) is 0 Å². The van der Waals surface area contributed by atoms with Crippen molar-refractivity contribution in [2.75, 3.05) is 6.54 Å². The molecule has 0 saturated heterocycles. The molecule has 3 rings (SSSR count). The van der Waals surface area contributed by atoms with Crippen molar-refractivity contribution in [3.05, 3.63) is 58.1 Å². The Kier molecular flexibility index (Phi) is 4.22. The highest BCUT2D eigenvalue weighted by molar-refractivity contribution is 9.10. The lowest BCUT2D eigenvalue weighted by molar-refractivity contribution is 0.147. The quantitative estimate of drug-likeness (QED) is 0.902. The molecule has 2 aromatic rings. The maximum absolute atomic E-state index is 13.5. The molecule has 0 fully saturated rings. The van der Waals surface area contributed by atoms with Gasteiger partial charge in [0.25, 0.3) is 0 Å². The molecule has 2 unspecified atom stereocenters. The summed E-state index contributed by atoms with van der Waals surface area (Å²) in [7, 11) is 0. The van der Waals surface area contributed by atoms with Crippen LogP contribution < -0.4 is 10.1 Å². The number of aromatic nitrogens is 1. The molecule has 3 nitrogen and oxygen atoms in total. The lowest BCUT2D eigenvalue weighted by Crippen LogP contribution is -2.29. The average molecular weight is 351 g/mol. The van der Waals surface area contributed by atoms with Gasteiger partial charge in [-0.25, -0.2) is 4.39 Å². The zero-order valence-electron chi connectivity index (χ0n) is 11.6. The highest BCUT2D eigenvalue weighted by atomic mass is 79.9. The lowest BCUT2D eigenvalue weighted by atomic mass is 9.94. The molecule has 0 aliphatic carbocycles. The molecule has 5 heteroatoms. The van der Waals surface area contributed by atoms with Crippen LogP contribution in [0, 0.1) is 5.82 Å². The summed E-state index contributed by atoms with van der Waals surface area (Å²) in [4.78, 5) is 4.41. The van der Waals surface area contributed by atoms with Crippen LogP contribution >= 0.6 is 15.9 Å². The summed E-state index contributed by atoms with van der Waals surface area (Å²) < 4.78 is 20.4. The van der Waals surface area contributed by atoms with E-state index in [4.69, 9.17) is 4.74 Å². The number of pyridine rings is 1. The van der Waals surface area contributed by atoms with Crippen LogP contribution in [0.5, 0.6) is 5.75 Å². The van der Waals surface area contributed by atoms with E-state index in [2.05, 4.69) is 26.2 Å². The molecule has 1 N–H and O–H groups in total. The van der Waals surface area contributed by atoms with Crippen LogP contribution in [0.15, 0.2) is 41.0 Å². The van der Waals surface area contributed by atoms with Gasteiger partial charge in [-0.05, 0) is 52.8 Å². The first kappa shape index (κ1) is 14.5. The number of halogens is 2. The number of ether oxygens (including phenoxy) is 1. The summed E-state index contributed by atoms with van der Waals surface area (Å²) in [6.45, 7) is 2.86. The van der Waals surface area contributed by atoms with Crippen LogP contribution in [0.2, 0.25) is 0 Å². The molecule has 0 radical (unpaired) electrons. The van der Waals surface area contributed by atoms with E-state index < -0.39 is 0 Å². The molecular formula is C16H16BrFN2O. The summed E-state index contributed by atoms with van der Waals surface area (Å²) in [5, 5.41) is 3.40. The van der Waals surface area contributed by atoms with Gasteiger partial charge in [0.2, 0.25) is 0 Å². The predicted molar refractivity (Wildman–Crippen MR) is 82.7 cm³/mol. The van der Waals surface area contributed by atoms with Gasteiger partial charge in [-0.15, -0.1) is 0 Å². The zero-order chi connectivity index (χ0) is 14.8. The van der Waals surface area contributed by atoms with Crippen molar-refractivity contribution in [3.63, 3.8) is 0 Å². The van der Waals surface area contributed by atoms with E-state index in [9.17, 15) is 4.39 Å². The second kappa shape index (κ2) is 6.12. The largest absolute Gasteiger partial charge is 0.484 e. The summed E-state index contributed by atoms with van der Waals surface area (Å²) in [5.74, 6) is 0.490. The minimum Gasteiger partial charge on any atom is -0.484 e. The fraction of sp³-hybridized carbons (Fsp3) is 0.312. The van der Waals surface area contributed by atoms with Crippen LogP contribution in [0.25, 0.3) is 0 Å². The maximum Gasteiger partial charge on any atom is 0.142 e. The van der Waals surface area contributed by atoms with E-state index in [1.165, 1.54) is 6.07 Å². The molecule has 1 aromatic carbocycles. The van der Waals surface area contributed by atoms with E-state index in [0.29, 0.717) is 0 Å². The second-order valence-electron chi connectivity index (χ2n) is 5.04. The highest BCUT2D eigenvalue weighted by Crippen LogP contribution is 2.40. The van der Waals surface area contributed by atoms with Crippen molar-refractivity contribution in [1.82, 2.24) is 10.3 Å². The van der Waals surface area contributed by atoms with Crippen molar-refractivity contribution in [2.24, 2.45) is 0 Å². The Bertz CT molecular complexity index is 633. The van der Waals surface area contributed by atoms with Crippen LogP contribution in [-0.4, -0.2) is 11.5 Å². The summed E-state index contributed by atoms with van der Waals surface area (Å²) in [6.07, 6.45) is 2.38. The number of hydrogen-bond donors (Lipinski definition) is 1. The van der Waals surface area contributed by atoms with Gasteiger partial charge in [0.05, 0.1) is 5.69 Å². The summed E-state index contributed by atoms with van der Waals surface area (Å²) >= 11 is 3.38. The molecular weight excluding hydrogens is 335 g/mol. The predicted octanol–water partition coefficient (Wildman–Crippen LogP) is 4.16. The number of nitrogens with zero attached hydrogens (tertiary/aromatic N) is 1. The SMILES string of the molecule is CCNC1CC(c2ccc(Br)cn2)Oc2ccc(F)cc21. The van der Waals surface area contributed by atoms with Gasteiger partial charge < -0.3 is 10.1 Å².